The van der Waals surface area contributed by atoms with Gasteiger partial charge in [-0.15, -0.1) is 0 Å². The zero-order chi connectivity index (χ0) is 30.1. The molecule has 1 amide bonds. The molecule has 1 aliphatic rings. The second-order valence-electron chi connectivity index (χ2n) is 11.4. The summed E-state index contributed by atoms with van der Waals surface area (Å²) >= 11 is 0. The molecule has 5 rings (SSSR count). The van der Waals surface area contributed by atoms with Gasteiger partial charge in [0, 0.05) is 56.9 Å². The molecular weight excluding hydrogens is 557 g/mol. The molecule has 0 N–H and O–H groups in total. The predicted octanol–water partition coefficient (Wildman–Crippen LogP) is 5.50. The lowest BCUT2D eigenvalue weighted by molar-refractivity contribution is 0.0295. The molecule has 1 atom stereocenters. The first-order valence-electron chi connectivity index (χ1n) is 13.7. The van der Waals surface area contributed by atoms with Gasteiger partial charge < -0.3 is 9.64 Å². The Morgan fingerprint density at radius 1 is 1.07 bits per heavy atom. The van der Waals surface area contributed by atoms with E-state index in [1.54, 1.807) is 30.4 Å². The minimum atomic E-state index is -3.97. The highest BCUT2D eigenvalue weighted by atomic mass is 32.2. The topological polar surface area (TPSA) is 97.6 Å². The van der Waals surface area contributed by atoms with Crippen molar-refractivity contribution in [2.24, 2.45) is 0 Å². The van der Waals surface area contributed by atoms with Crippen LogP contribution in [-0.4, -0.2) is 57.7 Å². The minimum Gasteiger partial charge on any atom is -0.444 e. The maximum Gasteiger partial charge on any atom is 0.410 e. The number of nitrogens with zero attached hydrogens (tertiary/aromatic N) is 5. The third-order valence-electron chi connectivity index (χ3n) is 7.12. The minimum absolute atomic E-state index is 0.121. The van der Waals surface area contributed by atoms with Crippen LogP contribution in [-0.2, 0) is 27.8 Å². The summed E-state index contributed by atoms with van der Waals surface area (Å²) in [7, 11) is -2.26. The molecule has 0 bridgehead atoms. The van der Waals surface area contributed by atoms with Crippen molar-refractivity contribution in [3.05, 3.63) is 107 Å². The van der Waals surface area contributed by atoms with Gasteiger partial charge in [-0.3, -0.25) is 4.98 Å². The summed E-state index contributed by atoms with van der Waals surface area (Å²) in [5.41, 5.74) is 3.05. The van der Waals surface area contributed by atoms with Crippen molar-refractivity contribution in [3.8, 4) is 5.69 Å². The van der Waals surface area contributed by atoms with Crippen molar-refractivity contribution < 1.29 is 22.3 Å². The standard InChI is InChI=1S/C31H34FN5O4S/c1-31(2,3)41-30(38)35(4)16-13-26(22-9-6-5-7-10-22)28-17-23-20-36(21-24(23)19-33-28)42(39,40)25-11-12-29(27(32)18-25)37-15-8-14-34-37/h5-12,14-15,17-19,26H,13,16,20-21H2,1-4H3. The summed E-state index contributed by atoms with van der Waals surface area (Å²) in [6.07, 6.45) is 5.03. The van der Waals surface area contributed by atoms with E-state index in [1.807, 2.05) is 57.2 Å². The monoisotopic (exact) mass is 591 g/mol. The van der Waals surface area contributed by atoms with Crippen molar-refractivity contribution in [2.75, 3.05) is 13.6 Å². The van der Waals surface area contributed by atoms with E-state index >= 15 is 0 Å². The van der Waals surface area contributed by atoms with Gasteiger partial charge in [0.1, 0.15) is 17.1 Å². The van der Waals surface area contributed by atoms with E-state index in [-0.39, 0.29) is 29.6 Å². The molecular formula is C31H34FN5O4S. The third kappa shape index (κ3) is 6.37. The number of aromatic nitrogens is 3. The van der Waals surface area contributed by atoms with Gasteiger partial charge in [-0.05, 0) is 74.2 Å². The van der Waals surface area contributed by atoms with Gasteiger partial charge in [-0.25, -0.2) is 22.3 Å². The zero-order valence-electron chi connectivity index (χ0n) is 24.1. The summed E-state index contributed by atoms with van der Waals surface area (Å²) in [6, 6.07) is 17.3. The fraction of sp³-hybridized carbons (Fsp3) is 0.323. The Labute approximate surface area is 245 Å². The maximum absolute atomic E-state index is 14.9. The molecule has 3 heterocycles. The SMILES string of the molecule is CN(CCC(c1ccccc1)c1cc2c(cn1)CN(S(=O)(=O)c1ccc(-n3cccn3)c(F)c1)C2)C(=O)OC(C)(C)C. The zero-order valence-corrected chi connectivity index (χ0v) is 24.9. The van der Waals surface area contributed by atoms with Gasteiger partial charge in [-0.2, -0.15) is 9.40 Å². The Balaban J connectivity index is 1.35. The Morgan fingerprint density at radius 3 is 2.48 bits per heavy atom. The number of carbonyl (C=O) groups excluding carboxylic acids is 1. The van der Waals surface area contributed by atoms with Crippen LogP contribution in [0.3, 0.4) is 0 Å². The summed E-state index contributed by atoms with van der Waals surface area (Å²) in [5, 5.41) is 4.02. The van der Waals surface area contributed by atoms with Crippen LogP contribution in [0.4, 0.5) is 9.18 Å². The number of benzene rings is 2. The highest BCUT2D eigenvalue weighted by Gasteiger charge is 2.32. The Kier molecular flexibility index (Phi) is 8.16. The van der Waals surface area contributed by atoms with E-state index in [9.17, 15) is 17.6 Å². The number of pyridine rings is 1. The van der Waals surface area contributed by atoms with E-state index in [2.05, 4.69) is 5.10 Å². The molecule has 9 nitrogen and oxygen atoms in total. The van der Waals surface area contributed by atoms with Crippen LogP contribution in [0.1, 0.15) is 55.5 Å². The number of sulfonamides is 1. The first-order valence-corrected chi connectivity index (χ1v) is 15.1. The van der Waals surface area contributed by atoms with Gasteiger partial charge in [0.05, 0.1) is 4.90 Å². The molecule has 0 fully saturated rings. The molecule has 42 heavy (non-hydrogen) atoms. The van der Waals surface area contributed by atoms with E-state index in [4.69, 9.17) is 9.72 Å². The molecule has 1 aliphatic heterocycles. The number of amides is 1. The molecule has 220 valence electrons. The molecule has 0 radical (unpaired) electrons. The van der Waals surface area contributed by atoms with Crippen LogP contribution in [0, 0.1) is 5.82 Å². The molecule has 0 saturated carbocycles. The molecule has 1 unspecified atom stereocenters. The molecule has 0 spiro atoms. The largest absolute Gasteiger partial charge is 0.444 e. The summed E-state index contributed by atoms with van der Waals surface area (Å²) in [5.74, 6) is -0.807. The van der Waals surface area contributed by atoms with Crippen LogP contribution in [0.15, 0.2) is 84.1 Å². The van der Waals surface area contributed by atoms with Crippen LogP contribution in [0.2, 0.25) is 0 Å². The lowest BCUT2D eigenvalue weighted by atomic mass is 9.91. The molecule has 0 aliphatic carbocycles. The van der Waals surface area contributed by atoms with Crippen LogP contribution in [0.5, 0.6) is 0 Å². The highest BCUT2D eigenvalue weighted by Crippen LogP contribution is 2.33. The number of hydrogen-bond donors (Lipinski definition) is 0. The van der Waals surface area contributed by atoms with Gasteiger partial charge >= 0.3 is 6.09 Å². The van der Waals surface area contributed by atoms with Gasteiger partial charge in [-0.1, -0.05) is 30.3 Å². The summed E-state index contributed by atoms with van der Waals surface area (Å²) in [4.78, 5) is 18.7. The van der Waals surface area contributed by atoms with Crippen molar-refractivity contribution in [3.63, 3.8) is 0 Å². The highest BCUT2D eigenvalue weighted by molar-refractivity contribution is 7.89. The second kappa shape index (κ2) is 11.7. The quantitative estimate of drug-likeness (QED) is 0.269. The van der Waals surface area contributed by atoms with Crippen LogP contribution < -0.4 is 0 Å². The molecule has 0 saturated heterocycles. The van der Waals surface area contributed by atoms with E-state index < -0.39 is 27.5 Å². The van der Waals surface area contributed by atoms with E-state index in [1.165, 1.54) is 27.3 Å². The average Bonchev–Trinajstić information content (AvgIpc) is 3.63. The van der Waals surface area contributed by atoms with Crippen molar-refractivity contribution in [1.82, 2.24) is 24.0 Å². The van der Waals surface area contributed by atoms with Crippen LogP contribution in [0.25, 0.3) is 5.69 Å². The number of carbonyl (C=O) groups is 1. The van der Waals surface area contributed by atoms with Gasteiger partial charge in [0.15, 0.2) is 0 Å². The lowest BCUT2D eigenvalue weighted by Crippen LogP contribution is -2.35. The first-order chi connectivity index (χ1) is 19.9. The second-order valence-corrected chi connectivity index (χ2v) is 13.3. The van der Waals surface area contributed by atoms with Crippen LogP contribution >= 0.6 is 0 Å². The van der Waals surface area contributed by atoms with Crippen molar-refractivity contribution >= 4 is 16.1 Å². The first kappa shape index (κ1) is 29.4. The predicted molar refractivity (Wildman–Crippen MR) is 156 cm³/mol. The fourth-order valence-corrected chi connectivity index (χ4v) is 6.36. The summed E-state index contributed by atoms with van der Waals surface area (Å²) < 4.78 is 50.0. The maximum atomic E-state index is 14.9. The van der Waals surface area contributed by atoms with Crippen molar-refractivity contribution in [1.29, 1.82) is 0 Å². The number of halogens is 1. The molecule has 2 aromatic heterocycles. The van der Waals surface area contributed by atoms with Gasteiger partial charge in [0.25, 0.3) is 0 Å². The van der Waals surface area contributed by atoms with E-state index in [0.29, 0.717) is 13.0 Å². The number of ether oxygens (including phenoxy) is 1. The number of fused-ring (bicyclic) bond motifs is 1. The Bertz CT molecular complexity index is 1670. The Hall–Kier alpha value is -4.09. The molecule has 4 aromatic rings. The fourth-order valence-electron chi connectivity index (χ4n) is 4.95. The molecule has 11 heteroatoms. The number of rotatable bonds is 8. The number of hydrogen-bond acceptors (Lipinski definition) is 6. The smallest absolute Gasteiger partial charge is 0.410 e. The third-order valence-corrected chi connectivity index (χ3v) is 8.91. The normalized spacial score (nSPS) is 14.4. The Morgan fingerprint density at radius 2 is 1.81 bits per heavy atom. The lowest BCUT2D eigenvalue weighted by Gasteiger charge is -2.26. The summed E-state index contributed by atoms with van der Waals surface area (Å²) in [6.45, 7) is 6.22. The van der Waals surface area contributed by atoms with Gasteiger partial charge in [0.2, 0.25) is 10.0 Å². The molecule has 2 aromatic carbocycles. The van der Waals surface area contributed by atoms with E-state index in [0.717, 1.165) is 28.5 Å². The van der Waals surface area contributed by atoms with Crippen molar-refractivity contribution in [2.45, 2.75) is 56.7 Å². The average molecular weight is 592 g/mol.